The third-order valence-electron chi connectivity index (χ3n) is 2.44. The van der Waals surface area contributed by atoms with Crippen LogP contribution in [0.1, 0.15) is 26.7 Å². The van der Waals surface area contributed by atoms with Gasteiger partial charge in [-0.05, 0) is 39.8 Å². The Balaban J connectivity index is 3.58. The van der Waals surface area contributed by atoms with E-state index in [-0.39, 0.29) is 0 Å². The second kappa shape index (κ2) is 12.9. The molecule has 4 heteroatoms. The van der Waals surface area contributed by atoms with Crippen molar-refractivity contribution in [1.29, 1.82) is 0 Å². The molecule has 0 atom stereocenters. The van der Waals surface area contributed by atoms with Crippen molar-refractivity contribution in [1.82, 2.24) is 4.90 Å². The Morgan fingerprint density at radius 3 is 1.88 bits per heavy atom. The maximum atomic E-state index is 5.49. The van der Waals surface area contributed by atoms with Crippen molar-refractivity contribution >= 4 is 0 Å². The summed E-state index contributed by atoms with van der Waals surface area (Å²) in [6.07, 6.45) is 2.26. The number of rotatable bonds is 12. The van der Waals surface area contributed by atoms with Crippen molar-refractivity contribution < 1.29 is 9.47 Å². The summed E-state index contributed by atoms with van der Waals surface area (Å²) in [4.78, 5) is 2.39. The van der Waals surface area contributed by atoms with Gasteiger partial charge in [-0.15, -0.1) is 0 Å². The highest BCUT2D eigenvalue weighted by Gasteiger charge is 2.03. The summed E-state index contributed by atoms with van der Waals surface area (Å²) in [5, 5.41) is 0. The van der Waals surface area contributed by atoms with Gasteiger partial charge in [-0.1, -0.05) is 0 Å². The van der Waals surface area contributed by atoms with Crippen molar-refractivity contribution in [3.63, 3.8) is 0 Å². The lowest BCUT2D eigenvalue weighted by molar-refractivity contribution is 0.0822. The molecule has 4 nitrogen and oxygen atoms in total. The van der Waals surface area contributed by atoms with Crippen molar-refractivity contribution in [2.45, 2.75) is 26.7 Å². The molecule has 0 radical (unpaired) electrons. The Kier molecular flexibility index (Phi) is 12.8. The summed E-state index contributed by atoms with van der Waals surface area (Å²) < 4.78 is 10.7. The first-order valence-corrected chi connectivity index (χ1v) is 6.43. The van der Waals surface area contributed by atoms with Crippen molar-refractivity contribution in [3.8, 4) is 0 Å². The van der Waals surface area contributed by atoms with E-state index >= 15 is 0 Å². The number of hydrogen-bond acceptors (Lipinski definition) is 4. The maximum absolute atomic E-state index is 5.49. The summed E-state index contributed by atoms with van der Waals surface area (Å²) in [5.74, 6) is 0. The molecule has 0 bridgehead atoms. The van der Waals surface area contributed by atoms with Crippen LogP contribution in [0.4, 0.5) is 0 Å². The molecule has 0 unspecified atom stereocenters. The Morgan fingerprint density at radius 1 is 0.875 bits per heavy atom. The molecule has 0 aliphatic carbocycles. The predicted octanol–water partition coefficient (Wildman–Crippen LogP) is 1.10. The highest BCUT2D eigenvalue weighted by Crippen LogP contribution is 1.95. The van der Waals surface area contributed by atoms with Crippen LogP contribution in [-0.4, -0.2) is 57.5 Å². The van der Waals surface area contributed by atoms with E-state index in [1.807, 2.05) is 13.8 Å². The molecular weight excluding hydrogens is 204 g/mol. The van der Waals surface area contributed by atoms with Gasteiger partial charge in [0.1, 0.15) is 0 Å². The standard InChI is InChI=1S/C12H28N2O2/c1-3-15-11-9-14(8-6-5-7-13)10-12-16-4-2/h3-13H2,1-2H3. The quantitative estimate of drug-likeness (QED) is 0.512. The molecule has 0 aromatic carbocycles. The molecular formula is C12H28N2O2. The van der Waals surface area contributed by atoms with Crippen LogP contribution in [0.5, 0.6) is 0 Å². The highest BCUT2D eigenvalue weighted by molar-refractivity contribution is 4.58. The molecule has 0 saturated carbocycles. The van der Waals surface area contributed by atoms with E-state index in [4.69, 9.17) is 15.2 Å². The van der Waals surface area contributed by atoms with E-state index in [1.165, 1.54) is 0 Å². The van der Waals surface area contributed by atoms with Crippen LogP contribution in [0, 0.1) is 0 Å². The monoisotopic (exact) mass is 232 g/mol. The van der Waals surface area contributed by atoms with Gasteiger partial charge in [0.25, 0.3) is 0 Å². The third kappa shape index (κ3) is 10.4. The fourth-order valence-electron chi connectivity index (χ4n) is 1.49. The zero-order chi connectivity index (χ0) is 12.1. The highest BCUT2D eigenvalue weighted by atomic mass is 16.5. The normalized spacial score (nSPS) is 11.2. The molecule has 98 valence electrons. The van der Waals surface area contributed by atoms with Gasteiger partial charge in [0, 0.05) is 26.3 Å². The maximum Gasteiger partial charge on any atom is 0.0593 e. The Morgan fingerprint density at radius 2 is 1.44 bits per heavy atom. The summed E-state index contributed by atoms with van der Waals surface area (Å²) in [7, 11) is 0. The smallest absolute Gasteiger partial charge is 0.0593 e. The summed E-state index contributed by atoms with van der Waals surface area (Å²) in [6.45, 7) is 11.1. The predicted molar refractivity (Wildman–Crippen MR) is 67.7 cm³/mol. The minimum absolute atomic E-state index is 0.782. The number of ether oxygens (including phenoxy) is 2. The molecule has 0 spiro atoms. The van der Waals surface area contributed by atoms with E-state index < -0.39 is 0 Å². The molecule has 0 aliphatic rings. The first-order chi connectivity index (χ1) is 7.85. The van der Waals surface area contributed by atoms with Crippen LogP contribution in [0.3, 0.4) is 0 Å². The van der Waals surface area contributed by atoms with E-state index in [0.717, 1.165) is 65.4 Å². The zero-order valence-electron chi connectivity index (χ0n) is 10.9. The van der Waals surface area contributed by atoms with Crippen molar-refractivity contribution in [2.75, 3.05) is 52.6 Å². The average Bonchev–Trinajstić information content (AvgIpc) is 2.29. The minimum atomic E-state index is 0.782. The number of nitrogens with zero attached hydrogens (tertiary/aromatic N) is 1. The average molecular weight is 232 g/mol. The Labute approximate surface area is 100 Å². The molecule has 16 heavy (non-hydrogen) atoms. The van der Waals surface area contributed by atoms with Gasteiger partial charge < -0.3 is 15.2 Å². The summed E-state index contributed by atoms with van der Waals surface area (Å²) in [5.41, 5.74) is 5.49. The molecule has 0 aromatic heterocycles. The largest absolute Gasteiger partial charge is 0.380 e. The second-order valence-corrected chi connectivity index (χ2v) is 3.73. The molecule has 0 rings (SSSR count). The van der Waals surface area contributed by atoms with Crippen molar-refractivity contribution in [2.24, 2.45) is 5.73 Å². The molecule has 0 amide bonds. The van der Waals surface area contributed by atoms with E-state index in [2.05, 4.69) is 4.90 Å². The third-order valence-corrected chi connectivity index (χ3v) is 2.44. The van der Waals surface area contributed by atoms with Gasteiger partial charge in [0.05, 0.1) is 13.2 Å². The van der Waals surface area contributed by atoms with E-state index in [1.54, 1.807) is 0 Å². The van der Waals surface area contributed by atoms with Gasteiger partial charge in [-0.25, -0.2) is 0 Å². The number of hydrogen-bond donors (Lipinski definition) is 1. The molecule has 0 heterocycles. The number of unbranched alkanes of at least 4 members (excludes halogenated alkanes) is 1. The Bertz CT molecular complexity index is 110. The topological polar surface area (TPSA) is 47.7 Å². The van der Waals surface area contributed by atoms with Crippen LogP contribution < -0.4 is 5.73 Å². The van der Waals surface area contributed by atoms with E-state index in [0.29, 0.717) is 0 Å². The van der Waals surface area contributed by atoms with Gasteiger partial charge in [-0.2, -0.15) is 0 Å². The fraction of sp³-hybridized carbons (Fsp3) is 1.00. The summed E-state index contributed by atoms with van der Waals surface area (Å²) >= 11 is 0. The van der Waals surface area contributed by atoms with Crippen LogP contribution >= 0.6 is 0 Å². The Hall–Kier alpha value is -0.160. The van der Waals surface area contributed by atoms with Gasteiger partial charge >= 0.3 is 0 Å². The second-order valence-electron chi connectivity index (χ2n) is 3.73. The SMILES string of the molecule is CCOCCN(CCCCN)CCOCC. The number of nitrogens with two attached hydrogens (primary N) is 1. The lowest BCUT2D eigenvalue weighted by Crippen LogP contribution is -2.32. The van der Waals surface area contributed by atoms with Crippen molar-refractivity contribution in [3.05, 3.63) is 0 Å². The lowest BCUT2D eigenvalue weighted by atomic mass is 10.3. The van der Waals surface area contributed by atoms with Gasteiger partial charge in [-0.3, -0.25) is 4.90 Å². The van der Waals surface area contributed by atoms with Crippen LogP contribution in [0.25, 0.3) is 0 Å². The zero-order valence-corrected chi connectivity index (χ0v) is 10.9. The van der Waals surface area contributed by atoms with Crippen LogP contribution in [-0.2, 0) is 9.47 Å². The fourth-order valence-corrected chi connectivity index (χ4v) is 1.49. The van der Waals surface area contributed by atoms with Gasteiger partial charge in [0.15, 0.2) is 0 Å². The molecule has 0 fully saturated rings. The molecule has 0 aliphatic heterocycles. The molecule has 2 N–H and O–H groups in total. The minimum Gasteiger partial charge on any atom is -0.380 e. The van der Waals surface area contributed by atoms with Crippen LogP contribution in [0.15, 0.2) is 0 Å². The van der Waals surface area contributed by atoms with E-state index in [9.17, 15) is 0 Å². The van der Waals surface area contributed by atoms with Crippen LogP contribution in [0.2, 0.25) is 0 Å². The van der Waals surface area contributed by atoms with Gasteiger partial charge in [0.2, 0.25) is 0 Å². The lowest BCUT2D eigenvalue weighted by Gasteiger charge is -2.21. The summed E-state index contributed by atoms with van der Waals surface area (Å²) in [6, 6.07) is 0. The first kappa shape index (κ1) is 15.8. The molecule has 0 saturated heterocycles. The molecule has 0 aromatic rings. The first-order valence-electron chi connectivity index (χ1n) is 6.43.